The first-order chi connectivity index (χ1) is 19.4. The number of thioether (sulfide) groups is 1. The Bertz CT molecular complexity index is 1160. The molecule has 0 saturated carbocycles. The molecule has 0 spiro atoms. The van der Waals surface area contributed by atoms with Crippen molar-refractivity contribution in [1.29, 1.82) is 0 Å². The lowest BCUT2D eigenvalue weighted by atomic mass is 9.99. The number of rotatable bonds is 16. The second-order valence-electron chi connectivity index (χ2n) is 10.3. The van der Waals surface area contributed by atoms with Crippen LogP contribution in [0.2, 0.25) is 0 Å². The predicted molar refractivity (Wildman–Crippen MR) is 157 cm³/mol. The van der Waals surface area contributed by atoms with E-state index in [-0.39, 0.29) is 43.1 Å². The first kappa shape index (κ1) is 33.4. The van der Waals surface area contributed by atoms with Crippen LogP contribution in [0.5, 0.6) is 11.5 Å². The van der Waals surface area contributed by atoms with Crippen LogP contribution in [0, 0.1) is 5.92 Å². The molecule has 0 aliphatic heterocycles. The van der Waals surface area contributed by atoms with E-state index in [1.54, 1.807) is 24.3 Å². The molecule has 2 aromatic carbocycles. The monoisotopic (exact) mass is 588 g/mol. The quantitative estimate of drug-likeness (QED) is 0.152. The summed E-state index contributed by atoms with van der Waals surface area (Å²) in [5.74, 6) is -2.39. The van der Waals surface area contributed by atoms with Gasteiger partial charge in [0.1, 0.15) is 29.6 Å². The van der Waals surface area contributed by atoms with E-state index in [4.69, 9.17) is 5.73 Å². The van der Waals surface area contributed by atoms with Crippen molar-refractivity contribution in [2.45, 2.75) is 63.7 Å². The number of aliphatic carboxylic acids is 1. The van der Waals surface area contributed by atoms with Gasteiger partial charge in [-0.05, 0) is 72.6 Å². The molecule has 41 heavy (non-hydrogen) atoms. The SMILES string of the molecule is CSCCC(NC(=O)C(Cc1ccc(O)cc1)NC(=O)C(CC(C)C)NC(=O)C(N)Cc1ccc(O)cc1)C(=O)O. The Morgan fingerprint density at radius 2 is 1.22 bits per heavy atom. The first-order valence-corrected chi connectivity index (χ1v) is 14.7. The fourth-order valence-electron chi connectivity index (χ4n) is 4.08. The smallest absolute Gasteiger partial charge is 0.326 e. The minimum atomic E-state index is -1.19. The summed E-state index contributed by atoms with van der Waals surface area (Å²) in [4.78, 5) is 51.4. The lowest BCUT2D eigenvalue weighted by Gasteiger charge is -2.26. The Labute approximate surface area is 244 Å². The maximum absolute atomic E-state index is 13.4. The van der Waals surface area contributed by atoms with Gasteiger partial charge in [-0.15, -0.1) is 0 Å². The zero-order valence-electron chi connectivity index (χ0n) is 23.5. The number of carboxylic acids is 1. The number of phenols is 2. The molecule has 0 bridgehead atoms. The minimum Gasteiger partial charge on any atom is -0.508 e. The number of aromatic hydroxyl groups is 2. The van der Waals surface area contributed by atoms with Crippen molar-refractivity contribution in [3.8, 4) is 11.5 Å². The van der Waals surface area contributed by atoms with E-state index in [0.29, 0.717) is 11.3 Å². The first-order valence-electron chi connectivity index (χ1n) is 13.3. The molecule has 11 nitrogen and oxygen atoms in total. The van der Waals surface area contributed by atoms with Gasteiger partial charge in [-0.2, -0.15) is 11.8 Å². The zero-order chi connectivity index (χ0) is 30.5. The van der Waals surface area contributed by atoms with Crippen LogP contribution in [0.1, 0.15) is 37.8 Å². The molecule has 4 unspecified atom stereocenters. The molecule has 0 aromatic heterocycles. The lowest BCUT2D eigenvalue weighted by molar-refractivity contribution is -0.142. The number of amides is 3. The fourth-order valence-corrected chi connectivity index (χ4v) is 4.55. The average Bonchev–Trinajstić information content (AvgIpc) is 2.92. The summed E-state index contributed by atoms with van der Waals surface area (Å²) >= 11 is 1.45. The van der Waals surface area contributed by atoms with Crippen molar-refractivity contribution in [1.82, 2.24) is 16.0 Å². The predicted octanol–water partition coefficient (Wildman–Crippen LogP) is 1.55. The van der Waals surface area contributed by atoms with Crippen LogP contribution in [0.3, 0.4) is 0 Å². The molecule has 2 aromatic rings. The highest BCUT2D eigenvalue weighted by Crippen LogP contribution is 2.14. The van der Waals surface area contributed by atoms with Crippen molar-refractivity contribution < 1.29 is 34.5 Å². The van der Waals surface area contributed by atoms with Gasteiger partial charge in [-0.1, -0.05) is 38.1 Å². The fraction of sp³-hybridized carbons (Fsp3) is 0.448. The van der Waals surface area contributed by atoms with E-state index in [0.717, 1.165) is 5.56 Å². The Morgan fingerprint density at radius 3 is 1.71 bits per heavy atom. The van der Waals surface area contributed by atoms with Crippen molar-refractivity contribution in [3.63, 3.8) is 0 Å². The summed E-state index contributed by atoms with van der Waals surface area (Å²) in [5, 5.41) is 36.6. The molecule has 0 heterocycles. The number of hydrogen-bond acceptors (Lipinski definition) is 8. The topological polar surface area (TPSA) is 191 Å². The van der Waals surface area contributed by atoms with Crippen LogP contribution in [0.25, 0.3) is 0 Å². The summed E-state index contributed by atoms with van der Waals surface area (Å²) in [6.45, 7) is 3.76. The summed E-state index contributed by atoms with van der Waals surface area (Å²) < 4.78 is 0. The molecule has 8 N–H and O–H groups in total. The Balaban J connectivity index is 2.21. The second kappa shape index (κ2) is 16.5. The van der Waals surface area contributed by atoms with E-state index in [1.165, 1.54) is 36.0 Å². The van der Waals surface area contributed by atoms with E-state index in [1.807, 2.05) is 20.1 Å². The van der Waals surface area contributed by atoms with Gasteiger partial charge in [0.15, 0.2) is 0 Å². The minimum absolute atomic E-state index is 0.00619. The highest BCUT2D eigenvalue weighted by molar-refractivity contribution is 7.98. The molecule has 0 saturated heterocycles. The van der Waals surface area contributed by atoms with Gasteiger partial charge in [-0.25, -0.2) is 4.79 Å². The Morgan fingerprint density at radius 1 is 0.756 bits per heavy atom. The molecule has 2 rings (SSSR count). The van der Waals surface area contributed by atoms with Crippen LogP contribution in [-0.2, 0) is 32.0 Å². The standard InChI is InChI=1S/C29H40N4O7S/c1-17(2)14-24(32-26(36)22(30)15-18-4-8-20(34)9-5-18)27(37)33-25(16-19-6-10-21(35)11-7-19)28(38)31-23(29(39)40)12-13-41-3/h4-11,17,22-25,34-35H,12-16,30H2,1-3H3,(H,31,38)(H,32,36)(H,33,37)(H,39,40). The van der Waals surface area contributed by atoms with Crippen LogP contribution < -0.4 is 21.7 Å². The molecule has 4 atom stereocenters. The van der Waals surface area contributed by atoms with E-state index in [9.17, 15) is 34.5 Å². The van der Waals surface area contributed by atoms with Crippen molar-refractivity contribution in [2.24, 2.45) is 11.7 Å². The van der Waals surface area contributed by atoms with E-state index >= 15 is 0 Å². The van der Waals surface area contributed by atoms with Crippen LogP contribution in [-0.4, -0.2) is 75.2 Å². The van der Waals surface area contributed by atoms with Gasteiger partial charge in [0.25, 0.3) is 0 Å². The molecule has 3 amide bonds. The van der Waals surface area contributed by atoms with Gasteiger partial charge >= 0.3 is 5.97 Å². The van der Waals surface area contributed by atoms with Crippen LogP contribution >= 0.6 is 11.8 Å². The molecule has 12 heteroatoms. The summed E-state index contributed by atoms with van der Waals surface area (Å²) in [7, 11) is 0. The highest BCUT2D eigenvalue weighted by atomic mass is 32.2. The van der Waals surface area contributed by atoms with Crippen LogP contribution in [0.4, 0.5) is 0 Å². The van der Waals surface area contributed by atoms with Crippen LogP contribution in [0.15, 0.2) is 48.5 Å². The highest BCUT2D eigenvalue weighted by Gasteiger charge is 2.31. The Hall–Kier alpha value is -3.77. The summed E-state index contributed by atoms with van der Waals surface area (Å²) in [5.41, 5.74) is 7.46. The maximum Gasteiger partial charge on any atom is 0.326 e. The third-order valence-electron chi connectivity index (χ3n) is 6.30. The number of nitrogens with one attached hydrogen (secondary N) is 3. The number of carbonyl (C=O) groups is 4. The molecule has 224 valence electrons. The van der Waals surface area contributed by atoms with Gasteiger partial charge in [0.05, 0.1) is 6.04 Å². The van der Waals surface area contributed by atoms with Gasteiger partial charge in [0.2, 0.25) is 17.7 Å². The molecule has 0 radical (unpaired) electrons. The van der Waals surface area contributed by atoms with Gasteiger partial charge in [-0.3, -0.25) is 14.4 Å². The normalized spacial score (nSPS) is 14.0. The number of phenolic OH excluding ortho intramolecular Hbond substituents is 2. The number of benzene rings is 2. The van der Waals surface area contributed by atoms with Gasteiger partial charge < -0.3 is 37.0 Å². The third-order valence-corrected chi connectivity index (χ3v) is 6.95. The lowest BCUT2D eigenvalue weighted by Crippen LogP contribution is -2.58. The largest absolute Gasteiger partial charge is 0.508 e. The molecule has 0 fully saturated rings. The number of carboxylic acid groups (broad SMARTS) is 1. The van der Waals surface area contributed by atoms with Gasteiger partial charge in [0, 0.05) is 6.42 Å². The number of nitrogens with two attached hydrogens (primary N) is 1. The maximum atomic E-state index is 13.4. The van der Waals surface area contributed by atoms with E-state index in [2.05, 4.69) is 16.0 Å². The Kier molecular flexibility index (Phi) is 13.4. The zero-order valence-corrected chi connectivity index (χ0v) is 24.3. The van der Waals surface area contributed by atoms with Crippen molar-refractivity contribution in [2.75, 3.05) is 12.0 Å². The average molecular weight is 589 g/mol. The third kappa shape index (κ3) is 11.7. The number of carbonyl (C=O) groups excluding carboxylic acids is 3. The van der Waals surface area contributed by atoms with Crippen molar-refractivity contribution in [3.05, 3.63) is 59.7 Å². The molecule has 0 aliphatic carbocycles. The molecular weight excluding hydrogens is 548 g/mol. The van der Waals surface area contributed by atoms with E-state index < -0.39 is 47.9 Å². The summed E-state index contributed by atoms with van der Waals surface area (Å²) in [6, 6.07) is 8.10. The number of hydrogen-bond donors (Lipinski definition) is 7. The summed E-state index contributed by atoms with van der Waals surface area (Å²) in [6.07, 6.45) is 2.50. The second-order valence-corrected chi connectivity index (χ2v) is 11.3. The molecule has 0 aliphatic rings. The van der Waals surface area contributed by atoms with Crippen molar-refractivity contribution >= 4 is 35.5 Å². The molecular formula is C29H40N4O7S.